The van der Waals surface area contributed by atoms with Gasteiger partial charge in [-0.1, -0.05) is 32.8 Å². The lowest BCUT2D eigenvalue weighted by Gasteiger charge is -2.34. The van der Waals surface area contributed by atoms with Crippen molar-refractivity contribution in [1.82, 2.24) is 4.72 Å². The van der Waals surface area contributed by atoms with Crippen molar-refractivity contribution in [1.29, 1.82) is 0 Å². The van der Waals surface area contributed by atoms with E-state index in [-0.39, 0.29) is 6.04 Å². The number of sulfonamides is 1. The van der Waals surface area contributed by atoms with Crippen LogP contribution in [0.5, 0.6) is 0 Å². The summed E-state index contributed by atoms with van der Waals surface area (Å²) in [6.07, 6.45) is 3.28. The average Bonchev–Trinajstić information content (AvgIpc) is 2.78. The van der Waals surface area contributed by atoms with Crippen LogP contribution in [0.15, 0.2) is 21.7 Å². The molecule has 0 unspecified atom stereocenters. The fourth-order valence-corrected chi connectivity index (χ4v) is 4.79. The van der Waals surface area contributed by atoms with E-state index in [2.05, 4.69) is 18.6 Å². The lowest BCUT2D eigenvalue weighted by molar-refractivity contribution is 0.227. The Morgan fingerprint density at radius 3 is 2.76 bits per heavy atom. The van der Waals surface area contributed by atoms with Gasteiger partial charge < -0.3 is 0 Å². The van der Waals surface area contributed by atoms with Crippen LogP contribution in [0.1, 0.15) is 33.1 Å². The van der Waals surface area contributed by atoms with Gasteiger partial charge in [0.2, 0.25) is 10.0 Å². The normalized spacial score (nSPS) is 30.4. The highest BCUT2D eigenvalue weighted by molar-refractivity contribution is 7.91. The van der Waals surface area contributed by atoms with E-state index in [1.54, 1.807) is 17.5 Å². The van der Waals surface area contributed by atoms with Crippen LogP contribution in [0.3, 0.4) is 0 Å². The van der Waals surface area contributed by atoms with Crippen molar-refractivity contribution in [3.05, 3.63) is 17.5 Å². The van der Waals surface area contributed by atoms with Crippen molar-refractivity contribution in [2.45, 2.75) is 43.4 Å². The van der Waals surface area contributed by atoms with Crippen LogP contribution in [0.2, 0.25) is 0 Å². The maximum atomic E-state index is 12.1. The van der Waals surface area contributed by atoms with E-state index in [1.165, 1.54) is 17.8 Å². The van der Waals surface area contributed by atoms with Crippen LogP contribution in [-0.2, 0) is 10.0 Å². The molecule has 1 aromatic rings. The van der Waals surface area contributed by atoms with Gasteiger partial charge in [-0.25, -0.2) is 13.1 Å². The van der Waals surface area contributed by atoms with Crippen molar-refractivity contribution in [3.63, 3.8) is 0 Å². The molecule has 1 aliphatic carbocycles. The molecule has 1 heterocycles. The predicted octanol–water partition coefficient (Wildman–Crippen LogP) is 2.85. The summed E-state index contributed by atoms with van der Waals surface area (Å²) in [7, 11) is -3.30. The number of hydrogen-bond acceptors (Lipinski definition) is 3. The molecule has 3 nitrogen and oxygen atoms in total. The average molecular weight is 273 g/mol. The highest BCUT2D eigenvalue weighted by Crippen LogP contribution is 2.30. The third-order valence-electron chi connectivity index (χ3n) is 3.77. The first-order valence-electron chi connectivity index (χ1n) is 6.06. The minimum atomic E-state index is -3.30. The van der Waals surface area contributed by atoms with Gasteiger partial charge in [0.05, 0.1) is 0 Å². The monoisotopic (exact) mass is 273 g/mol. The Balaban J connectivity index is 2.11. The molecule has 0 amide bonds. The van der Waals surface area contributed by atoms with E-state index in [9.17, 15) is 8.42 Å². The molecule has 2 rings (SSSR count). The second kappa shape index (κ2) is 5.08. The molecule has 0 aromatic carbocycles. The summed E-state index contributed by atoms with van der Waals surface area (Å²) < 4.78 is 27.5. The van der Waals surface area contributed by atoms with E-state index in [1.807, 2.05) is 0 Å². The summed E-state index contributed by atoms with van der Waals surface area (Å²) in [6.45, 7) is 4.35. The summed E-state index contributed by atoms with van der Waals surface area (Å²) in [6, 6.07) is 3.52. The highest BCUT2D eigenvalue weighted by atomic mass is 32.2. The summed E-state index contributed by atoms with van der Waals surface area (Å²) in [5.74, 6) is 1.01. The molecule has 1 aromatic heterocycles. The van der Waals surface area contributed by atoms with Crippen molar-refractivity contribution >= 4 is 21.4 Å². The Kier molecular flexibility index (Phi) is 3.90. The maximum absolute atomic E-state index is 12.1. The zero-order valence-corrected chi connectivity index (χ0v) is 11.9. The SMILES string of the molecule is C[C@@H]1[C@H](C)CCC[C@H]1NS(=O)(=O)c1cccs1. The van der Waals surface area contributed by atoms with Crippen molar-refractivity contribution in [2.24, 2.45) is 11.8 Å². The predicted molar refractivity (Wildman–Crippen MR) is 70.6 cm³/mol. The highest BCUT2D eigenvalue weighted by Gasteiger charge is 2.30. The Bertz CT molecular complexity index is 453. The Labute approximate surface area is 107 Å². The molecule has 1 N–H and O–H groups in total. The minimum Gasteiger partial charge on any atom is -0.207 e. The summed E-state index contributed by atoms with van der Waals surface area (Å²) in [5.41, 5.74) is 0. The minimum absolute atomic E-state index is 0.0887. The van der Waals surface area contributed by atoms with Gasteiger partial charge in [0.15, 0.2) is 0 Å². The molecule has 5 heteroatoms. The summed E-state index contributed by atoms with van der Waals surface area (Å²) >= 11 is 1.27. The van der Waals surface area contributed by atoms with Crippen molar-refractivity contribution < 1.29 is 8.42 Å². The van der Waals surface area contributed by atoms with Gasteiger partial charge in [-0.05, 0) is 29.7 Å². The molecule has 1 fully saturated rings. The lowest BCUT2D eigenvalue weighted by Crippen LogP contribution is -2.43. The second-order valence-electron chi connectivity index (χ2n) is 4.93. The molecule has 0 radical (unpaired) electrons. The van der Waals surface area contributed by atoms with E-state index >= 15 is 0 Å². The van der Waals surface area contributed by atoms with E-state index < -0.39 is 10.0 Å². The molecule has 0 saturated heterocycles. The summed E-state index contributed by atoms with van der Waals surface area (Å²) in [4.78, 5) is 0. The van der Waals surface area contributed by atoms with Crippen molar-refractivity contribution in [3.8, 4) is 0 Å². The molecular formula is C12H19NO2S2. The number of rotatable bonds is 3. The van der Waals surface area contributed by atoms with E-state index in [0.717, 1.165) is 12.8 Å². The zero-order chi connectivity index (χ0) is 12.5. The van der Waals surface area contributed by atoms with Crippen molar-refractivity contribution in [2.75, 3.05) is 0 Å². The quantitative estimate of drug-likeness (QED) is 0.920. The van der Waals surface area contributed by atoms with Gasteiger partial charge in [0.1, 0.15) is 4.21 Å². The number of hydrogen-bond donors (Lipinski definition) is 1. The van der Waals surface area contributed by atoms with Gasteiger partial charge in [0, 0.05) is 6.04 Å². The standard InChI is InChI=1S/C12H19NO2S2/c1-9-5-3-6-11(10(9)2)13-17(14,15)12-7-4-8-16-12/h4,7-11,13H,3,5-6H2,1-2H3/t9-,10-,11-/m1/s1. The Hall–Kier alpha value is -0.390. The largest absolute Gasteiger partial charge is 0.250 e. The third-order valence-corrected chi connectivity index (χ3v) is 6.66. The second-order valence-corrected chi connectivity index (χ2v) is 7.82. The van der Waals surface area contributed by atoms with Gasteiger partial charge in [-0.15, -0.1) is 11.3 Å². The summed E-state index contributed by atoms with van der Waals surface area (Å²) in [5, 5.41) is 1.79. The number of nitrogens with one attached hydrogen (secondary N) is 1. The smallest absolute Gasteiger partial charge is 0.207 e. The first kappa shape index (κ1) is 13.1. The zero-order valence-electron chi connectivity index (χ0n) is 10.2. The lowest BCUT2D eigenvalue weighted by atomic mass is 9.78. The molecule has 1 saturated carbocycles. The molecule has 0 aliphatic heterocycles. The molecule has 3 atom stereocenters. The Morgan fingerprint density at radius 2 is 2.12 bits per heavy atom. The van der Waals surface area contributed by atoms with Crippen LogP contribution in [0, 0.1) is 11.8 Å². The first-order chi connectivity index (χ1) is 8.00. The molecule has 1 aliphatic rings. The molecule has 0 bridgehead atoms. The van der Waals surface area contributed by atoms with Gasteiger partial charge in [0.25, 0.3) is 0 Å². The number of thiophene rings is 1. The third kappa shape index (κ3) is 2.89. The van der Waals surface area contributed by atoms with E-state index in [0.29, 0.717) is 16.0 Å². The molecule has 96 valence electrons. The van der Waals surface area contributed by atoms with Crippen LogP contribution in [-0.4, -0.2) is 14.5 Å². The fourth-order valence-electron chi connectivity index (χ4n) is 2.42. The van der Waals surface area contributed by atoms with Crippen LogP contribution in [0.4, 0.5) is 0 Å². The first-order valence-corrected chi connectivity index (χ1v) is 8.43. The van der Waals surface area contributed by atoms with Gasteiger partial charge in [-0.3, -0.25) is 0 Å². The molecule has 0 spiro atoms. The molecular weight excluding hydrogens is 254 g/mol. The fraction of sp³-hybridized carbons (Fsp3) is 0.667. The Morgan fingerprint density at radius 1 is 1.35 bits per heavy atom. The van der Waals surface area contributed by atoms with Crippen LogP contribution < -0.4 is 4.72 Å². The topological polar surface area (TPSA) is 46.2 Å². The van der Waals surface area contributed by atoms with Gasteiger partial charge >= 0.3 is 0 Å². The van der Waals surface area contributed by atoms with Gasteiger partial charge in [-0.2, -0.15) is 0 Å². The molecule has 17 heavy (non-hydrogen) atoms. The van der Waals surface area contributed by atoms with Crippen LogP contribution >= 0.6 is 11.3 Å². The van der Waals surface area contributed by atoms with E-state index in [4.69, 9.17) is 0 Å². The van der Waals surface area contributed by atoms with Crippen LogP contribution in [0.25, 0.3) is 0 Å². The maximum Gasteiger partial charge on any atom is 0.250 e.